The van der Waals surface area contributed by atoms with E-state index in [0.29, 0.717) is 40.2 Å². The predicted molar refractivity (Wildman–Crippen MR) is 114 cm³/mol. The van der Waals surface area contributed by atoms with Crippen LogP contribution in [-0.4, -0.2) is 28.8 Å². The second-order valence-electron chi connectivity index (χ2n) is 7.02. The molecule has 29 heavy (non-hydrogen) atoms. The van der Waals surface area contributed by atoms with Gasteiger partial charge in [0.05, 0.1) is 18.1 Å². The summed E-state index contributed by atoms with van der Waals surface area (Å²) >= 11 is 1.27. The van der Waals surface area contributed by atoms with E-state index in [0.717, 1.165) is 5.56 Å². The molecule has 0 aliphatic carbocycles. The van der Waals surface area contributed by atoms with Crippen LogP contribution in [0.3, 0.4) is 0 Å². The minimum Gasteiger partial charge on any atom is -0.465 e. The third kappa shape index (κ3) is 4.07. The van der Waals surface area contributed by atoms with Crippen molar-refractivity contribution in [2.24, 2.45) is 5.92 Å². The Hall–Kier alpha value is -3.00. The first kappa shape index (κ1) is 20.7. The maximum atomic E-state index is 13.1. The molecule has 3 rings (SSSR count). The monoisotopic (exact) mass is 413 g/mol. The Labute approximate surface area is 172 Å². The molecule has 0 aliphatic heterocycles. The topological polar surface area (TPSA) is 90.3 Å². The number of carbonyl (C=O) groups is 2. The molecule has 0 saturated heterocycles. The lowest BCUT2D eigenvalue weighted by molar-refractivity contribution is 0.0601. The number of amides is 1. The van der Waals surface area contributed by atoms with Crippen molar-refractivity contribution in [3.63, 3.8) is 0 Å². The van der Waals surface area contributed by atoms with Gasteiger partial charge in [0.25, 0.3) is 11.5 Å². The molecule has 2 heterocycles. The van der Waals surface area contributed by atoms with Crippen molar-refractivity contribution in [3.8, 4) is 0 Å². The number of ether oxygens (including phenoxy) is 1. The quantitative estimate of drug-likeness (QED) is 0.622. The van der Waals surface area contributed by atoms with E-state index >= 15 is 0 Å². The molecule has 0 fully saturated rings. The highest BCUT2D eigenvalue weighted by Crippen LogP contribution is 2.31. The van der Waals surface area contributed by atoms with Crippen LogP contribution in [0, 0.1) is 5.92 Å². The van der Waals surface area contributed by atoms with Gasteiger partial charge in [-0.2, -0.15) is 5.10 Å². The summed E-state index contributed by atoms with van der Waals surface area (Å²) in [7, 11) is 1.32. The van der Waals surface area contributed by atoms with Gasteiger partial charge in [0.1, 0.15) is 5.00 Å². The summed E-state index contributed by atoms with van der Waals surface area (Å²) in [6.45, 7) is 6.24. The SMILES string of the molecule is CCn1nc(C(=O)Nc2scc(CC(C)C)c2C(=O)OC)c2ccccc2c1=O. The van der Waals surface area contributed by atoms with Gasteiger partial charge in [0.2, 0.25) is 0 Å². The zero-order valence-electron chi connectivity index (χ0n) is 16.8. The zero-order chi connectivity index (χ0) is 21.1. The minimum absolute atomic E-state index is 0.136. The highest BCUT2D eigenvalue weighted by Gasteiger charge is 2.24. The molecule has 0 radical (unpaired) electrons. The van der Waals surface area contributed by atoms with E-state index in [1.807, 2.05) is 5.38 Å². The van der Waals surface area contributed by atoms with Gasteiger partial charge in [-0.25, -0.2) is 9.48 Å². The number of fused-ring (bicyclic) bond motifs is 1. The molecule has 1 aromatic carbocycles. The van der Waals surface area contributed by atoms with Gasteiger partial charge in [0, 0.05) is 11.9 Å². The van der Waals surface area contributed by atoms with E-state index in [1.54, 1.807) is 31.2 Å². The van der Waals surface area contributed by atoms with Crippen molar-refractivity contribution in [2.45, 2.75) is 33.7 Å². The van der Waals surface area contributed by atoms with Gasteiger partial charge in [-0.05, 0) is 36.3 Å². The van der Waals surface area contributed by atoms with Crippen molar-refractivity contribution < 1.29 is 14.3 Å². The molecular formula is C21H23N3O4S. The molecule has 1 amide bonds. The number of nitrogens with zero attached hydrogens (tertiary/aromatic N) is 2. The third-order valence-corrected chi connectivity index (χ3v) is 5.44. The van der Waals surface area contributed by atoms with Crippen molar-refractivity contribution in [3.05, 3.63) is 56.8 Å². The van der Waals surface area contributed by atoms with Gasteiger partial charge >= 0.3 is 5.97 Å². The van der Waals surface area contributed by atoms with Crippen molar-refractivity contribution in [2.75, 3.05) is 12.4 Å². The van der Waals surface area contributed by atoms with Crippen molar-refractivity contribution in [1.29, 1.82) is 0 Å². The lowest BCUT2D eigenvalue weighted by Gasteiger charge is -2.11. The molecule has 1 N–H and O–H groups in total. The van der Waals surface area contributed by atoms with Gasteiger partial charge in [-0.3, -0.25) is 9.59 Å². The van der Waals surface area contributed by atoms with Crippen LogP contribution in [0.15, 0.2) is 34.4 Å². The largest absolute Gasteiger partial charge is 0.465 e. The fourth-order valence-corrected chi connectivity index (χ4v) is 4.14. The van der Waals surface area contributed by atoms with Crippen LogP contribution in [0.2, 0.25) is 0 Å². The second kappa shape index (κ2) is 8.57. The number of aryl methyl sites for hydroxylation is 1. The van der Waals surface area contributed by atoms with E-state index in [4.69, 9.17) is 4.74 Å². The molecule has 8 heteroatoms. The van der Waals surface area contributed by atoms with Crippen molar-refractivity contribution in [1.82, 2.24) is 9.78 Å². The Balaban J connectivity index is 2.06. The Morgan fingerprint density at radius 3 is 2.55 bits per heavy atom. The molecule has 0 bridgehead atoms. The summed E-state index contributed by atoms with van der Waals surface area (Å²) in [4.78, 5) is 37.9. The lowest BCUT2D eigenvalue weighted by Crippen LogP contribution is -2.27. The van der Waals surface area contributed by atoms with E-state index < -0.39 is 11.9 Å². The Kier molecular flexibility index (Phi) is 6.12. The Bertz CT molecular complexity index is 1130. The first-order chi connectivity index (χ1) is 13.9. The Morgan fingerprint density at radius 2 is 1.93 bits per heavy atom. The van der Waals surface area contributed by atoms with E-state index in [1.165, 1.54) is 23.1 Å². The molecule has 0 unspecified atom stereocenters. The molecule has 7 nitrogen and oxygen atoms in total. The maximum absolute atomic E-state index is 13.1. The van der Waals surface area contributed by atoms with Gasteiger partial charge in [-0.15, -0.1) is 11.3 Å². The number of carbonyl (C=O) groups excluding carboxylic acids is 2. The molecule has 0 spiro atoms. The molecule has 152 valence electrons. The average Bonchev–Trinajstić information content (AvgIpc) is 3.09. The van der Waals surface area contributed by atoms with E-state index in [9.17, 15) is 14.4 Å². The number of hydrogen-bond donors (Lipinski definition) is 1. The van der Waals surface area contributed by atoms with Crippen LogP contribution in [0.1, 0.15) is 47.2 Å². The number of methoxy groups -OCH3 is 1. The van der Waals surface area contributed by atoms with Crippen molar-refractivity contribution >= 4 is 39.0 Å². The highest BCUT2D eigenvalue weighted by atomic mass is 32.1. The molecular weight excluding hydrogens is 390 g/mol. The van der Waals surface area contributed by atoms with Gasteiger partial charge in [0.15, 0.2) is 5.69 Å². The number of nitrogens with one attached hydrogen (secondary N) is 1. The number of rotatable bonds is 6. The molecule has 3 aromatic rings. The molecule has 2 aromatic heterocycles. The maximum Gasteiger partial charge on any atom is 0.341 e. The fraction of sp³-hybridized carbons (Fsp3) is 0.333. The van der Waals surface area contributed by atoms with Crippen LogP contribution >= 0.6 is 11.3 Å². The Morgan fingerprint density at radius 1 is 1.24 bits per heavy atom. The summed E-state index contributed by atoms with van der Waals surface area (Å²) in [5, 5.41) is 10.2. The molecule has 0 saturated carbocycles. The van der Waals surface area contributed by atoms with Crippen LogP contribution in [-0.2, 0) is 17.7 Å². The van der Waals surface area contributed by atoms with Crippen LogP contribution in [0.25, 0.3) is 10.8 Å². The molecule has 0 atom stereocenters. The summed E-state index contributed by atoms with van der Waals surface area (Å²) in [6, 6.07) is 6.87. The van der Waals surface area contributed by atoms with Gasteiger partial charge < -0.3 is 10.1 Å². The number of anilines is 1. The number of thiophene rings is 1. The average molecular weight is 413 g/mol. The number of esters is 1. The number of aromatic nitrogens is 2. The van der Waals surface area contributed by atoms with Crippen LogP contribution in [0.5, 0.6) is 0 Å². The minimum atomic E-state index is -0.492. The first-order valence-corrected chi connectivity index (χ1v) is 10.2. The van der Waals surface area contributed by atoms with E-state index in [2.05, 4.69) is 24.3 Å². The summed E-state index contributed by atoms with van der Waals surface area (Å²) in [5.41, 5.74) is 1.10. The van der Waals surface area contributed by atoms with E-state index in [-0.39, 0.29) is 11.3 Å². The van der Waals surface area contributed by atoms with Crippen LogP contribution < -0.4 is 10.9 Å². The summed E-state index contributed by atoms with van der Waals surface area (Å²) in [5.74, 6) is -0.629. The summed E-state index contributed by atoms with van der Waals surface area (Å²) in [6.07, 6.45) is 0.693. The standard InChI is InChI=1S/C21H23N3O4S/c1-5-24-20(26)15-9-7-6-8-14(15)17(23-24)18(25)22-19-16(21(27)28-4)13(11-29-19)10-12(2)3/h6-9,11-12H,5,10H2,1-4H3,(H,22,25). The van der Waals surface area contributed by atoms with Gasteiger partial charge in [-0.1, -0.05) is 32.0 Å². The second-order valence-corrected chi connectivity index (χ2v) is 7.90. The fourth-order valence-electron chi connectivity index (χ4n) is 3.18. The molecule has 0 aliphatic rings. The summed E-state index contributed by atoms with van der Waals surface area (Å²) < 4.78 is 6.18. The first-order valence-electron chi connectivity index (χ1n) is 9.37. The normalized spacial score (nSPS) is 11.1. The zero-order valence-corrected chi connectivity index (χ0v) is 17.6. The number of benzene rings is 1. The lowest BCUT2D eigenvalue weighted by atomic mass is 10.0. The highest BCUT2D eigenvalue weighted by molar-refractivity contribution is 7.15. The number of hydrogen-bond acceptors (Lipinski definition) is 6. The smallest absolute Gasteiger partial charge is 0.341 e. The third-order valence-electron chi connectivity index (χ3n) is 4.49. The predicted octanol–water partition coefficient (Wildman–Crippen LogP) is 3.72. The van der Waals surface area contributed by atoms with Crippen LogP contribution in [0.4, 0.5) is 5.00 Å².